The van der Waals surface area contributed by atoms with Gasteiger partial charge >= 0.3 is 0 Å². The molecule has 0 bridgehead atoms. The number of nitrogens with one attached hydrogen (secondary N) is 3. The summed E-state index contributed by atoms with van der Waals surface area (Å²) in [6, 6.07) is 7.99. The molecule has 1 atom stereocenters. The maximum atomic E-state index is 10.1. The van der Waals surface area contributed by atoms with Crippen LogP contribution < -0.4 is 21.7 Å². The van der Waals surface area contributed by atoms with Gasteiger partial charge in [-0.1, -0.05) is 12.1 Å². The van der Waals surface area contributed by atoms with Gasteiger partial charge in [-0.2, -0.15) is 4.98 Å². The third-order valence-corrected chi connectivity index (χ3v) is 3.47. The fraction of sp³-hybridized carbons (Fsp3) is 0.333. The van der Waals surface area contributed by atoms with E-state index in [0.29, 0.717) is 37.0 Å². The molecule has 0 fully saturated rings. The molecule has 0 radical (unpaired) electrons. The lowest BCUT2D eigenvalue weighted by Crippen LogP contribution is -2.16. The van der Waals surface area contributed by atoms with Gasteiger partial charge in [0, 0.05) is 25.3 Å². The van der Waals surface area contributed by atoms with Gasteiger partial charge in [0.2, 0.25) is 5.95 Å². The average Bonchev–Trinajstić information content (AvgIpc) is 2.87. The van der Waals surface area contributed by atoms with Crippen LogP contribution in [0.2, 0.25) is 0 Å². The minimum absolute atomic E-state index is 0.502. The summed E-state index contributed by atoms with van der Waals surface area (Å²) in [4.78, 5) is 8.89. The largest absolute Gasteiger partial charge is 0.374 e. The Labute approximate surface area is 129 Å². The Bertz CT molecular complexity index is 675. The zero-order chi connectivity index (χ0) is 15.5. The van der Waals surface area contributed by atoms with Gasteiger partial charge in [-0.15, -0.1) is 0 Å². The molecule has 0 aliphatic carbocycles. The number of benzene rings is 1. The van der Waals surface area contributed by atoms with E-state index in [1.54, 1.807) is 0 Å². The first-order valence-corrected chi connectivity index (χ1v) is 7.27. The van der Waals surface area contributed by atoms with E-state index in [-0.39, 0.29) is 0 Å². The predicted octanol–water partition coefficient (Wildman–Crippen LogP) is 0.993. The summed E-state index contributed by atoms with van der Waals surface area (Å²) in [6.45, 7) is 3.64. The van der Waals surface area contributed by atoms with Crippen LogP contribution in [0.3, 0.4) is 0 Å². The molecule has 2 aromatic rings. The van der Waals surface area contributed by atoms with Crippen LogP contribution in [-0.4, -0.2) is 28.2 Å². The van der Waals surface area contributed by atoms with E-state index < -0.39 is 6.23 Å². The maximum Gasteiger partial charge on any atom is 0.224 e. The number of rotatable bonds is 5. The van der Waals surface area contributed by atoms with Crippen LogP contribution in [0, 0.1) is 6.92 Å². The van der Waals surface area contributed by atoms with Crippen LogP contribution >= 0.6 is 0 Å². The SMILES string of the molecule is Cc1cccc(Nc2nc(NCCN)nc3c2C(O)NC3)c1. The molecule has 1 aromatic heterocycles. The maximum absolute atomic E-state index is 10.1. The normalized spacial score (nSPS) is 16.4. The van der Waals surface area contributed by atoms with E-state index in [4.69, 9.17) is 5.73 Å². The highest BCUT2D eigenvalue weighted by Gasteiger charge is 2.26. The molecule has 116 valence electrons. The first-order valence-electron chi connectivity index (χ1n) is 7.27. The third-order valence-electron chi connectivity index (χ3n) is 3.47. The molecular formula is C15H20N6O. The van der Waals surface area contributed by atoms with Crippen molar-refractivity contribution in [1.82, 2.24) is 15.3 Å². The summed E-state index contributed by atoms with van der Waals surface area (Å²) in [5, 5.41) is 19.4. The Morgan fingerprint density at radius 2 is 2.27 bits per heavy atom. The van der Waals surface area contributed by atoms with E-state index in [1.807, 2.05) is 31.2 Å². The molecule has 1 aliphatic heterocycles. The second-order valence-electron chi connectivity index (χ2n) is 5.25. The topological polar surface area (TPSA) is 108 Å². The minimum Gasteiger partial charge on any atom is -0.374 e. The third kappa shape index (κ3) is 3.01. The lowest BCUT2D eigenvalue weighted by Gasteiger charge is -2.14. The van der Waals surface area contributed by atoms with Gasteiger partial charge in [-0.05, 0) is 24.6 Å². The van der Waals surface area contributed by atoms with Gasteiger partial charge in [0.1, 0.15) is 12.0 Å². The van der Waals surface area contributed by atoms with Crippen molar-refractivity contribution in [1.29, 1.82) is 0 Å². The summed E-state index contributed by atoms with van der Waals surface area (Å²) in [5.74, 6) is 1.11. The van der Waals surface area contributed by atoms with Crippen molar-refractivity contribution in [3.63, 3.8) is 0 Å². The van der Waals surface area contributed by atoms with E-state index in [9.17, 15) is 5.11 Å². The van der Waals surface area contributed by atoms with E-state index in [2.05, 4.69) is 25.9 Å². The second kappa shape index (κ2) is 6.27. The van der Waals surface area contributed by atoms with Gasteiger partial charge in [-0.25, -0.2) is 4.98 Å². The zero-order valence-corrected chi connectivity index (χ0v) is 12.4. The lowest BCUT2D eigenvalue weighted by atomic mass is 10.2. The van der Waals surface area contributed by atoms with E-state index in [0.717, 1.165) is 16.9 Å². The summed E-state index contributed by atoms with van der Waals surface area (Å²) >= 11 is 0. The number of hydrogen-bond donors (Lipinski definition) is 5. The smallest absolute Gasteiger partial charge is 0.224 e. The van der Waals surface area contributed by atoms with Gasteiger partial charge in [-0.3, -0.25) is 5.32 Å². The molecule has 6 N–H and O–H groups in total. The predicted molar refractivity (Wildman–Crippen MR) is 85.8 cm³/mol. The van der Waals surface area contributed by atoms with Crippen LogP contribution in [0.4, 0.5) is 17.5 Å². The van der Waals surface area contributed by atoms with Gasteiger partial charge < -0.3 is 21.5 Å². The zero-order valence-electron chi connectivity index (χ0n) is 12.4. The van der Waals surface area contributed by atoms with Crippen molar-refractivity contribution in [2.24, 2.45) is 5.73 Å². The van der Waals surface area contributed by atoms with Crippen molar-refractivity contribution in [3.8, 4) is 0 Å². The Balaban J connectivity index is 1.95. The Hall–Kier alpha value is -2.22. The summed E-state index contributed by atoms with van der Waals surface area (Å²) in [5.41, 5.74) is 9.06. The Kier molecular flexibility index (Phi) is 4.19. The number of nitrogens with two attached hydrogens (primary N) is 1. The van der Waals surface area contributed by atoms with Crippen LogP contribution in [-0.2, 0) is 6.54 Å². The summed E-state index contributed by atoms with van der Waals surface area (Å²) < 4.78 is 0. The fourth-order valence-corrected chi connectivity index (χ4v) is 2.45. The number of anilines is 3. The first kappa shape index (κ1) is 14.7. The molecule has 0 amide bonds. The van der Waals surface area contributed by atoms with Crippen molar-refractivity contribution in [2.75, 3.05) is 23.7 Å². The highest BCUT2D eigenvalue weighted by molar-refractivity contribution is 5.63. The molecule has 3 rings (SSSR count). The molecular weight excluding hydrogens is 280 g/mol. The monoisotopic (exact) mass is 300 g/mol. The molecule has 0 spiro atoms. The first-order chi connectivity index (χ1) is 10.7. The number of aliphatic hydroxyl groups is 1. The highest BCUT2D eigenvalue weighted by atomic mass is 16.3. The molecule has 0 saturated heterocycles. The van der Waals surface area contributed by atoms with Crippen molar-refractivity contribution in [2.45, 2.75) is 19.7 Å². The van der Waals surface area contributed by atoms with Crippen LogP contribution in [0.15, 0.2) is 24.3 Å². The quantitative estimate of drug-likeness (QED) is 0.560. The molecule has 7 heteroatoms. The second-order valence-corrected chi connectivity index (χ2v) is 5.25. The average molecular weight is 300 g/mol. The van der Waals surface area contributed by atoms with Gasteiger partial charge in [0.05, 0.1) is 11.3 Å². The molecule has 22 heavy (non-hydrogen) atoms. The van der Waals surface area contributed by atoms with E-state index in [1.165, 1.54) is 0 Å². The molecule has 1 aliphatic rings. The molecule has 1 aromatic carbocycles. The van der Waals surface area contributed by atoms with Gasteiger partial charge in [0.25, 0.3) is 0 Å². The van der Waals surface area contributed by atoms with Gasteiger partial charge in [0.15, 0.2) is 0 Å². The van der Waals surface area contributed by atoms with Crippen molar-refractivity contribution >= 4 is 17.5 Å². The number of nitrogens with zero attached hydrogens (tertiary/aromatic N) is 2. The number of aliphatic hydroxyl groups excluding tert-OH is 1. The van der Waals surface area contributed by atoms with Crippen LogP contribution in [0.25, 0.3) is 0 Å². The van der Waals surface area contributed by atoms with Crippen LogP contribution in [0.5, 0.6) is 0 Å². The summed E-state index contributed by atoms with van der Waals surface area (Å²) in [6.07, 6.45) is -0.758. The summed E-state index contributed by atoms with van der Waals surface area (Å²) in [7, 11) is 0. The van der Waals surface area contributed by atoms with Crippen molar-refractivity contribution in [3.05, 3.63) is 41.1 Å². The number of fused-ring (bicyclic) bond motifs is 1. The number of aryl methyl sites for hydroxylation is 1. The number of aromatic nitrogens is 2. The van der Waals surface area contributed by atoms with E-state index >= 15 is 0 Å². The Morgan fingerprint density at radius 1 is 1.41 bits per heavy atom. The van der Waals surface area contributed by atoms with Crippen LogP contribution in [0.1, 0.15) is 23.0 Å². The van der Waals surface area contributed by atoms with Crippen molar-refractivity contribution < 1.29 is 5.11 Å². The molecule has 0 saturated carbocycles. The highest BCUT2D eigenvalue weighted by Crippen LogP contribution is 2.31. The Morgan fingerprint density at radius 3 is 3.05 bits per heavy atom. The minimum atomic E-state index is -0.758. The number of hydrogen-bond acceptors (Lipinski definition) is 7. The fourth-order valence-electron chi connectivity index (χ4n) is 2.45. The molecule has 7 nitrogen and oxygen atoms in total. The molecule has 1 unspecified atom stereocenters. The molecule has 2 heterocycles. The lowest BCUT2D eigenvalue weighted by molar-refractivity contribution is 0.152. The standard InChI is InChI=1S/C15H20N6O/c1-9-3-2-4-10(7-9)19-13-12-11(8-18-14(12)22)20-15(21-13)17-6-5-16/h2-4,7,14,18,22H,5-6,8,16H2,1H3,(H2,17,19,20,21).